The Morgan fingerprint density at radius 2 is 2.07 bits per heavy atom. The third-order valence-electron chi connectivity index (χ3n) is 3.54. The highest BCUT2D eigenvalue weighted by molar-refractivity contribution is 4.81. The van der Waals surface area contributed by atoms with Crippen LogP contribution in [-0.2, 0) is 0 Å². The number of nitrogens with zero attached hydrogens (tertiary/aromatic N) is 1. The van der Waals surface area contributed by atoms with Crippen LogP contribution in [0.1, 0.15) is 40.0 Å². The fourth-order valence-electron chi connectivity index (χ4n) is 2.46. The highest BCUT2D eigenvalue weighted by atomic mass is 15.2. The van der Waals surface area contributed by atoms with E-state index in [4.69, 9.17) is 0 Å². The smallest absolute Gasteiger partial charge is 0.00819 e. The van der Waals surface area contributed by atoms with Crippen molar-refractivity contribution in [2.24, 2.45) is 5.92 Å². The lowest BCUT2D eigenvalue weighted by Crippen LogP contribution is -2.46. The number of likely N-dealkylation sites (tertiary alicyclic amines) is 1. The number of nitrogens with one attached hydrogen (secondary N) is 1. The van der Waals surface area contributed by atoms with Gasteiger partial charge in [-0.2, -0.15) is 0 Å². The molecule has 1 aliphatic rings. The predicted molar refractivity (Wildman–Crippen MR) is 62.6 cm³/mol. The molecule has 1 aliphatic heterocycles. The molecule has 3 unspecified atom stereocenters. The summed E-state index contributed by atoms with van der Waals surface area (Å²) in [5.41, 5.74) is 0. The van der Waals surface area contributed by atoms with Crippen LogP contribution in [0.15, 0.2) is 0 Å². The first kappa shape index (κ1) is 12.0. The molecule has 1 rings (SSSR count). The van der Waals surface area contributed by atoms with Gasteiger partial charge in [0.05, 0.1) is 0 Å². The summed E-state index contributed by atoms with van der Waals surface area (Å²) in [6.07, 6.45) is 4.06. The molecule has 0 aromatic rings. The Hall–Kier alpha value is -0.0800. The summed E-state index contributed by atoms with van der Waals surface area (Å²) >= 11 is 0. The molecule has 1 fully saturated rings. The van der Waals surface area contributed by atoms with Crippen molar-refractivity contribution in [3.63, 3.8) is 0 Å². The van der Waals surface area contributed by atoms with Gasteiger partial charge in [0.2, 0.25) is 0 Å². The summed E-state index contributed by atoms with van der Waals surface area (Å²) in [6.45, 7) is 9.56. The second-order valence-electron chi connectivity index (χ2n) is 4.97. The highest BCUT2D eigenvalue weighted by Gasteiger charge is 2.25. The number of rotatable bonds is 4. The summed E-state index contributed by atoms with van der Waals surface area (Å²) in [4.78, 5) is 2.69. The maximum Gasteiger partial charge on any atom is 0.00819 e. The fraction of sp³-hybridized carbons (Fsp3) is 1.00. The first-order valence-corrected chi connectivity index (χ1v) is 6.05. The van der Waals surface area contributed by atoms with Crippen LogP contribution in [0, 0.1) is 5.92 Å². The van der Waals surface area contributed by atoms with Gasteiger partial charge in [-0.1, -0.05) is 6.92 Å². The summed E-state index contributed by atoms with van der Waals surface area (Å²) in [7, 11) is 2.04. The standard InChI is InChI=1S/C12H26N2/c1-10-5-6-11(2)14(9-10)12(3)7-8-13-4/h10-13H,5-9H2,1-4H3. The summed E-state index contributed by atoms with van der Waals surface area (Å²) in [5.74, 6) is 0.892. The molecule has 0 bridgehead atoms. The SMILES string of the molecule is CNCCC(C)N1CC(C)CCC1C. The van der Waals surface area contributed by atoms with E-state index in [0.717, 1.165) is 24.5 Å². The number of hydrogen-bond donors (Lipinski definition) is 1. The number of piperidine rings is 1. The van der Waals surface area contributed by atoms with Crippen molar-refractivity contribution in [3.8, 4) is 0 Å². The average molecular weight is 198 g/mol. The van der Waals surface area contributed by atoms with E-state index in [9.17, 15) is 0 Å². The van der Waals surface area contributed by atoms with Crippen LogP contribution in [0.5, 0.6) is 0 Å². The van der Waals surface area contributed by atoms with E-state index in [1.54, 1.807) is 0 Å². The zero-order valence-electron chi connectivity index (χ0n) is 10.2. The maximum atomic E-state index is 3.24. The van der Waals surface area contributed by atoms with Crippen LogP contribution >= 0.6 is 0 Å². The van der Waals surface area contributed by atoms with Gasteiger partial charge in [-0.3, -0.25) is 4.90 Å². The van der Waals surface area contributed by atoms with Crippen molar-refractivity contribution in [1.82, 2.24) is 10.2 Å². The molecular formula is C12H26N2. The number of hydrogen-bond acceptors (Lipinski definition) is 2. The summed E-state index contributed by atoms with van der Waals surface area (Å²) in [6, 6.07) is 1.53. The van der Waals surface area contributed by atoms with Crippen LogP contribution in [0.4, 0.5) is 0 Å². The Morgan fingerprint density at radius 3 is 2.71 bits per heavy atom. The zero-order chi connectivity index (χ0) is 10.6. The Bertz CT molecular complexity index is 158. The van der Waals surface area contributed by atoms with Gasteiger partial charge in [-0.15, -0.1) is 0 Å². The second kappa shape index (κ2) is 5.72. The van der Waals surface area contributed by atoms with E-state index in [-0.39, 0.29) is 0 Å². The molecular weight excluding hydrogens is 172 g/mol. The maximum absolute atomic E-state index is 3.24. The van der Waals surface area contributed by atoms with Gasteiger partial charge >= 0.3 is 0 Å². The van der Waals surface area contributed by atoms with Gasteiger partial charge < -0.3 is 5.32 Å². The second-order valence-corrected chi connectivity index (χ2v) is 4.97. The molecule has 0 amide bonds. The van der Waals surface area contributed by atoms with Crippen LogP contribution in [-0.4, -0.2) is 37.1 Å². The van der Waals surface area contributed by atoms with Gasteiger partial charge in [0.1, 0.15) is 0 Å². The molecule has 1 N–H and O–H groups in total. The van der Waals surface area contributed by atoms with Crippen LogP contribution < -0.4 is 5.32 Å². The topological polar surface area (TPSA) is 15.3 Å². The normalized spacial score (nSPS) is 31.7. The first-order valence-electron chi connectivity index (χ1n) is 6.05. The van der Waals surface area contributed by atoms with Crippen molar-refractivity contribution in [2.75, 3.05) is 20.1 Å². The van der Waals surface area contributed by atoms with Gasteiger partial charge in [0, 0.05) is 18.6 Å². The minimum Gasteiger partial charge on any atom is -0.320 e. The van der Waals surface area contributed by atoms with Crippen molar-refractivity contribution in [3.05, 3.63) is 0 Å². The fourth-order valence-corrected chi connectivity index (χ4v) is 2.46. The molecule has 0 aliphatic carbocycles. The van der Waals surface area contributed by atoms with Crippen molar-refractivity contribution >= 4 is 0 Å². The predicted octanol–water partition coefficient (Wildman–Crippen LogP) is 2.10. The minimum atomic E-state index is 0.736. The van der Waals surface area contributed by atoms with E-state index in [1.807, 2.05) is 7.05 Å². The molecule has 0 aromatic carbocycles. The van der Waals surface area contributed by atoms with Gasteiger partial charge in [-0.05, 0) is 52.6 Å². The Morgan fingerprint density at radius 1 is 1.36 bits per heavy atom. The lowest BCUT2D eigenvalue weighted by atomic mass is 9.93. The lowest BCUT2D eigenvalue weighted by molar-refractivity contribution is 0.0808. The molecule has 0 saturated carbocycles. The minimum absolute atomic E-state index is 0.736. The third-order valence-corrected chi connectivity index (χ3v) is 3.54. The van der Waals surface area contributed by atoms with Gasteiger partial charge in [0.15, 0.2) is 0 Å². The largest absolute Gasteiger partial charge is 0.320 e. The van der Waals surface area contributed by atoms with Gasteiger partial charge in [-0.25, -0.2) is 0 Å². The van der Waals surface area contributed by atoms with E-state index in [0.29, 0.717) is 0 Å². The highest BCUT2D eigenvalue weighted by Crippen LogP contribution is 2.24. The molecule has 1 heterocycles. The molecule has 14 heavy (non-hydrogen) atoms. The van der Waals surface area contributed by atoms with Crippen molar-refractivity contribution < 1.29 is 0 Å². The third kappa shape index (κ3) is 3.25. The molecule has 0 radical (unpaired) electrons. The zero-order valence-corrected chi connectivity index (χ0v) is 10.2. The summed E-state index contributed by atoms with van der Waals surface area (Å²) < 4.78 is 0. The molecule has 2 nitrogen and oxygen atoms in total. The Kier molecular flexibility index (Phi) is 4.90. The molecule has 1 saturated heterocycles. The molecule has 0 aromatic heterocycles. The molecule has 2 heteroatoms. The Balaban J connectivity index is 2.38. The van der Waals surface area contributed by atoms with Crippen molar-refractivity contribution in [1.29, 1.82) is 0 Å². The molecule has 0 spiro atoms. The monoisotopic (exact) mass is 198 g/mol. The molecule has 84 valence electrons. The summed E-state index contributed by atoms with van der Waals surface area (Å²) in [5, 5.41) is 3.24. The van der Waals surface area contributed by atoms with E-state index in [2.05, 4.69) is 31.0 Å². The average Bonchev–Trinajstić information content (AvgIpc) is 2.18. The van der Waals surface area contributed by atoms with E-state index in [1.165, 1.54) is 25.8 Å². The van der Waals surface area contributed by atoms with E-state index >= 15 is 0 Å². The first-order chi connectivity index (χ1) is 6.65. The lowest BCUT2D eigenvalue weighted by Gasteiger charge is -2.41. The van der Waals surface area contributed by atoms with Crippen LogP contribution in [0.2, 0.25) is 0 Å². The van der Waals surface area contributed by atoms with Gasteiger partial charge in [0.25, 0.3) is 0 Å². The molecule has 3 atom stereocenters. The quantitative estimate of drug-likeness (QED) is 0.744. The van der Waals surface area contributed by atoms with Crippen LogP contribution in [0.25, 0.3) is 0 Å². The van der Waals surface area contributed by atoms with Crippen molar-refractivity contribution in [2.45, 2.75) is 52.1 Å². The van der Waals surface area contributed by atoms with Crippen LogP contribution in [0.3, 0.4) is 0 Å². The van der Waals surface area contributed by atoms with E-state index < -0.39 is 0 Å². The Labute approximate surface area is 89.1 Å².